The van der Waals surface area contributed by atoms with E-state index in [2.05, 4.69) is 14.9 Å². The van der Waals surface area contributed by atoms with Crippen molar-refractivity contribution in [2.24, 2.45) is 0 Å². The second kappa shape index (κ2) is 5.37. The fourth-order valence-electron chi connectivity index (χ4n) is 1.52. The lowest BCUT2D eigenvalue weighted by Crippen LogP contribution is -2.13. The molecule has 108 valence electrons. The van der Waals surface area contributed by atoms with Gasteiger partial charge in [0.15, 0.2) is 17.3 Å². The van der Waals surface area contributed by atoms with Crippen LogP contribution in [0.4, 0.5) is 10.1 Å². The summed E-state index contributed by atoms with van der Waals surface area (Å²) in [6.07, 6.45) is 2.29. The van der Waals surface area contributed by atoms with Gasteiger partial charge in [0.2, 0.25) is 0 Å². The molecule has 9 heteroatoms. The van der Waals surface area contributed by atoms with Gasteiger partial charge in [0.1, 0.15) is 4.90 Å². The minimum atomic E-state index is -3.92. The average molecular weight is 301 g/mol. The van der Waals surface area contributed by atoms with Crippen molar-refractivity contribution in [3.8, 4) is 11.5 Å². The number of ether oxygens (including phenoxy) is 2. The number of hydrogen-bond acceptors (Lipinski definition) is 5. The van der Waals surface area contributed by atoms with Crippen LogP contribution >= 0.6 is 0 Å². The Morgan fingerprint density at radius 1 is 1.25 bits per heavy atom. The summed E-state index contributed by atoms with van der Waals surface area (Å²) in [6.45, 7) is 0. The smallest absolute Gasteiger partial charge is 0.265 e. The van der Waals surface area contributed by atoms with E-state index < -0.39 is 15.8 Å². The lowest BCUT2D eigenvalue weighted by atomic mass is 10.2. The van der Waals surface area contributed by atoms with E-state index in [-0.39, 0.29) is 22.1 Å². The highest BCUT2D eigenvalue weighted by atomic mass is 32.2. The van der Waals surface area contributed by atoms with Gasteiger partial charge in [-0.2, -0.15) is 5.10 Å². The van der Waals surface area contributed by atoms with Gasteiger partial charge in [-0.25, -0.2) is 12.8 Å². The molecular formula is C11H12FN3O4S. The normalized spacial score (nSPS) is 11.2. The molecule has 2 aromatic rings. The summed E-state index contributed by atoms with van der Waals surface area (Å²) in [5, 5.41) is 5.90. The Morgan fingerprint density at radius 2 is 1.90 bits per heavy atom. The molecule has 20 heavy (non-hydrogen) atoms. The average Bonchev–Trinajstić information content (AvgIpc) is 2.95. The number of benzene rings is 1. The van der Waals surface area contributed by atoms with Gasteiger partial charge in [-0.1, -0.05) is 0 Å². The molecule has 0 radical (unpaired) electrons. The Kier molecular flexibility index (Phi) is 3.79. The minimum absolute atomic E-state index is 0.105. The van der Waals surface area contributed by atoms with Crippen molar-refractivity contribution < 1.29 is 22.3 Å². The first-order valence-electron chi connectivity index (χ1n) is 5.41. The highest BCUT2D eigenvalue weighted by Gasteiger charge is 2.19. The van der Waals surface area contributed by atoms with Gasteiger partial charge >= 0.3 is 0 Å². The van der Waals surface area contributed by atoms with Gasteiger partial charge in [-0.15, -0.1) is 0 Å². The third-order valence-corrected chi connectivity index (χ3v) is 3.83. The van der Waals surface area contributed by atoms with Gasteiger partial charge < -0.3 is 9.47 Å². The van der Waals surface area contributed by atoms with Gasteiger partial charge in [0, 0.05) is 18.3 Å². The number of sulfonamides is 1. The molecule has 0 bridgehead atoms. The Hall–Kier alpha value is -2.29. The highest BCUT2D eigenvalue weighted by Crippen LogP contribution is 2.33. The Balaban J connectivity index is 2.39. The van der Waals surface area contributed by atoms with E-state index in [4.69, 9.17) is 9.47 Å². The molecule has 0 unspecified atom stereocenters. The maximum atomic E-state index is 13.8. The van der Waals surface area contributed by atoms with E-state index in [0.717, 1.165) is 12.3 Å². The number of anilines is 1. The van der Waals surface area contributed by atoms with Crippen molar-refractivity contribution in [2.75, 3.05) is 18.9 Å². The number of methoxy groups -OCH3 is 2. The number of aromatic nitrogens is 2. The molecule has 0 spiro atoms. The molecule has 0 amide bonds. The van der Waals surface area contributed by atoms with E-state index in [1.54, 1.807) is 0 Å². The summed E-state index contributed by atoms with van der Waals surface area (Å²) in [5.74, 6) is -0.412. The first kappa shape index (κ1) is 14.1. The molecule has 0 saturated carbocycles. The molecule has 0 fully saturated rings. The number of halogens is 1. The van der Waals surface area contributed by atoms with Crippen LogP contribution in [0, 0.1) is 5.82 Å². The second-order valence-corrected chi connectivity index (χ2v) is 5.41. The molecule has 0 aliphatic rings. The van der Waals surface area contributed by atoms with E-state index >= 15 is 0 Å². The fourth-order valence-corrected chi connectivity index (χ4v) is 2.49. The van der Waals surface area contributed by atoms with E-state index in [9.17, 15) is 12.8 Å². The monoisotopic (exact) mass is 301 g/mol. The van der Waals surface area contributed by atoms with E-state index in [1.165, 1.54) is 26.5 Å². The standard InChI is InChI=1S/C11H12FN3O4S/c1-18-10-3-8(12)9(4-11(10)19-2)15-20(16,17)7-5-13-14-6-7/h3-6,15H,1-2H3,(H,13,14). The molecular weight excluding hydrogens is 289 g/mol. The molecule has 1 aromatic carbocycles. The quantitative estimate of drug-likeness (QED) is 0.870. The van der Waals surface area contributed by atoms with Crippen molar-refractivity contribution in [1.29, 1.82) is 0 Å². The number of nitrogens with zero attached hydrogens (tertiary/aromatic N) is 1. The van der Waals surface area contributed by atoms with Crippen LogP contribution in [0.5, 0.6) is 11.5 Å². The van der Waals surface area contributed by atoms with Crippen molar-refractivity contribution in [2.45, 2.75) is 4.90 Å². The molecule has 2 rings (SSSR count). The number of aromatic amines is 1. The van der Waals surface area contributed by atoms with Crippen LogP contribution in [0.1, 0.15) is 0 Å². The maximum absolute atomic E-state index is 13.8. The van der Waals surface area contributed by atoms with Gasteiger partial charge in [0.05, 0.1) is 26.1 Å². The van der Waals surface area contributed by atoms with Crippen LogP contribution in [-0.2, 0) is 10.0 Å². The van der Waals surface area contributed by atoms with Crippen LogP contribution in [0.15, 0.2) is 29.4 Å². The topological polar surface area (TPSA) is 93.3 Å². The van der Waals surface area contributed by atoms with Crippen molar-refractivity contribution in [1.82, 2.24) is 10.2 Å². The molecule has 0 aliphatic heterocycles. The Labute approximate surface area is 114 Å². The van der Waals surface area contributed by atoms with Crippen molar-refractivity contribution >= 4 is 15.7 Å². The number of rotatable bonds is 5. The largest absolute Gasteiger partial charge is 0.493 e. The summed E-state index contributed by atoms with van der Waals surface area (Å²) in [4.78, 5) is -0.105. The summed E-state index contributed by atoms with van der Waals surface area (Å²) in [6, 6.07) is 2.23. The summed E-state index contributed by atoms with van der Waals surface area (Å²) < 4.78 is 49.8. The third-order valence-electron chi connectivity index (χ3n) is 2.50. The summed E-state index contributed by atoms with van der Waals surface area (Å²) in [7, 11) is -1.20. The SMILES string of the molecule is COc1cc(F)c(NS(=O)(=O)c2cn[nH]c2)cc1OC. The van der Waals surface area contributed by atoms with Gasteiger partial charge in [0.25, 0.3) is 10.0 Å². The Morgan fingerprint density at radius 3 is 2.45 bits per heavy atom. The number of H-pyrrole nitrogens is 1. The van der Waals surface area contributed by atoms with Crippen LogP contribution in [-0.4, -0.2) is 32.8 Å². The third kappa shape index (κ3) is 2.67. The first-order valence-corrected chi connectivity index (χ1v) is 6.89. The maximum Gasteiger partial charge on any atom is 0.265 e. The minimum Gasteiger partial charge on any atom is -0.493 e. The van der Waals surface area contributed by atoms with Crippen LogP contribution < -0.4 is 14.2 Å². The van der Waals surface area contributed by atoms with Crippen LogP contribution in [0.25, 0.3) is 0 Å². The number of nitrogens with one attached hydrogen (secondary N) is 2. The second-order valence-electron chi connectivity index (χ2n) is 3.73. The Bertz CT molecular complexity index is 701. The summed E-state index contributed by atoms with van der Waals surface area (Å²) >= 11 is 0. The fraction of sp³-hybridized carbons (Fsp3) is 0.182. The predicted molar refractivity (Wildman–Crippen MR) is 68.9 cm³/mol. The van der Waals surface area contributed by atoms with E-state index in [0.29, 0.717) is 0 Å². The number of hydrogen-bond donors (Lipinski definition) is 2. The first-order chi connectivity index (χ1) is 9.47. The van der Waals surface area contributed by atoms with Crippen molar-refractivity contribution in [3.63, 3.8) is 0 Å². The zero-order valence-corrected chi connectivity index (χ0v) is 11.5. The zero-order chi connectivity index (χ0) is 14.8. The van der Waals surface area contributed by atoms with Crippen molar-refractivity contribution in [3.05, 3.63) is 30.3 Å². The van der Waals surface area contributed by atoms with Gasteiger partial charge in [-0.3, -0.25) is 9.82 Å². The van der Waals surface area contributed by atoms with Crippen LogP contribution in [0.3, 0.4) is 0 Å². The van der Waals surface area contributed by atoms with E-state index in [1.807, 2.05) is 0 Å². The molecule has 1 heterocycles. The molecule has 0 saturated heterocycles. The molecule has 2 N–H and O–H groups in total. The lowest BCUT2D eigenvalue weighted by Gasteiger charge is -2.12. The molecule has 7 nitrogen and oxygen atoms in total. The molecule has 0 aliphatic carbocycles. The summed E-state index contributed by atoms with van der Waals surface area (Å²) in [5.41, 5.74) is -0.246. The molecule has 1 aromatic heterocycles. The van der Waals surface area contributed by atoms with Crippen LogP contribution in [0.2, 0.25) is 0 Å². The molecule has 0 atom stereocenters. The lowest BCUT2D eigenvalue weighted by molar-refractivity contribution is 0.353. The zero-order valence-electron chi connectivity index (χ0n) is 10.7. The highest BCUT2D eigenvalue weighted by molar-refractivity contribution is 7.92. The predicted octanol–water partition coefficient (Wildman–Crippen LogP) is 1.37. The van der Waals surface area contributed by atoms with Gasteiger partial charge in [-0.05, 0) is 0 Å².